The molecule has 0 aromatic rings. The predicted octanol–water partition coefficient (Wildman–Crippen LogP) is -0.363. The number of likely N-dealkylation sites (tertiary alicyclic amines) is 1. The van der Waals surface area contributed by atoms with Crippen LogP contribution in [0.5, 0.6) is 0 Å². The van der Waals surface area contributed by atoms with Crippen LogP contribution in [0.2, 0.25) is 0 Å². The van der Waals surface area contributed by atoms with Gasteiger partial charge in [0.25, 0.3) is 0 Å². The Morgan fingerprint density at radius 3 is 2.57 bits per heavy atom. The zero-order valence-electron chi connectivity index (χ0n) is 13.7. The highest BCUT2D eigenvalue weighted by atomic mass is 32.2. The number of carbonyl (C=O) groups is 1. The molecular formula is C15H27N3O4S. The number of likely N-dealkylation sites (N-methyl/N-ethyl adjacent to an activating group) is 1. The highest BCUT2D eigenvalue weighted by Crippen LogP contribution is 2.29. The topological polar surface area (TPSA) is 79.0 Å². The summed E-state index contributed by atoms with van der Waals surface area (Å²) in [6.07, 6.45) is 4.04. The van der Waals surface area contributed by atoms with Gasteiger partial charge in [-0.2, -0.15) is 0 Å². The fourth-order valence-electron chi connectivity index (χ4n) is 3.56. The minimum absolute atomic E-state index is 0.0974. The van der Waals surface area contributed by atoms with Gasteiger partial charge in [-0.25, -0.2) is 13.1 Å². The summed E-state index contributed by atoms with van der Waals surface area (Å²) in [5.41, 5.74) is 0. The third-order valence-electron chi connectivity index (χ3n) is 5.16. The van der Waals surface area contributed by atoms with Gasteiger partial charge in [-0.1, -0.05) is 12.8 Å². The molecule has 3 fully saturated rings. The summed E-state index contributed by atoms with van der Waals surface area (Å²) in [4.78, 5) is 16.1. The van der Waals surface area contributed by atoms with Crippen LogP contribution in [-0.2, 0) is 19.6 Å². The van der Waals surface area contributed by atoms with Crippen LogP contribution in [0.1, 0.15) is 25.7 Å². The van der Waals surface area contributed by atoms with E-state index in [4.69, 9.17) is 4.74 Å². The summed E-state index contributed by atoms with van der Waals surface area (Å²) in [6.45, 7) is 3.21. The lowest BCUT2D eigenvalue weighted by Crippen LogP contribution is -2.61. The first-order chi connectivity index (χ1) is 11.0. The normalized spacial score (nSPS) is 28.0. The third-order valence-corrected chi connectivity index (χ3v) is 6.90. The smallest absolute Gasteiger partial charge is 0.225 e. The molecule has 1 amide bonds. The van der Waals surface area contributed by atoms with Gasteiger partial charge >= 0.3 is 0 Å². The highest BCUT2D eigenvalue weighted by molar-refractivity contribution is 7.90. The van der Waals surface area contributed by atoms with E-state index in [9.17, 15) is 13.2 Å². The number of hydrogen-bond donors (Lipinski definition) is 1. The number of sulfonamides is 1. The summed E-state index contributed by atoms with van der Waals surface area (Å²) < 4.78 is 32.8. The van der Waals surface area contributed by atoms with Crippen molar-refractivity contribution in [2.24, 2.45) is 5.92 Å². The van der Waals surface area contributed by atoms with Crippen molar-refractivity contribution in [2.75, 3.05) is 46.4 Å². The second-order valence-electron chi connectivity index (χ2n) is 7.00. The van der Waals surface area contributed by atoms with Gasteiger partial charge in [0.1, 0.15) is 5.25 Å². The van der Waals surface area contributed by atoms with E-state index >= 15 is 0 Å². The van der Waals surface area contributed by atoms with E-state index < -0.39 is 15.3 Å². The van der Waals surface area contributed by atoms with Crippen molar-refractivity contribution in [3.63, 3.8) is 0 Å². The Kier molecular flexibility index (Phi) is 5.25. The SMILES string of the molecule is CN1CCO[C@H](CNS(=O)(=O)C2CN(C(=O)C3CCCC3)C2)C1. The molecule has 0 aromatic carbocycles. The number of nitrogens with zero attached hydrogens (tertiary/aromatic N) is 2. The zero-order valence-corrected chi connectivity index (χ0v) is 14.6. The maximum atomic E-state index is 12.3. The molecule has 1 N–H and O–H groups in total. The second kappa shape index (κ2) is 7.04. The van der Waals surface area contributed by atoms with Crippen molar-refractivity contribution in [3.8, 4) is 0 Å². The predicted molar refractivity (Wildman–Crippen MR) is 86.5 cm³/mol. The molecule has 0 aromatic heterocycles. The lowest BCUT2D eigenvalue weighted by Gasteiger charge is -2.40. The molecule has 8 heteroatoms. The van der Waals surface area contributed by atoms with Crippen molar-refractivity contribution in [1.82, 2.24) is 14.5 Å². The number of amides is 1. The first-order valence-electron chi connectivity index (χ1n) is 8.53. The van der Waals surface area contributed by atoms with Crippen molar-refractivity contribution in [1.29, 1.82) is 0 Å². The summed E-state index contributed by atoms with van der Waals surface area (Å²) in [6, 6.07) is 0. The molecular weight excluding hydrogens is 318 g/mol. The molecule has 2 aliphatic heterocycles. The Labute approximate surface area is 138 Å². The average molecular weight is 345 g/mol. The summed E-state index contributed by atoms with van der Waals surface area (Å²) >= 11 is 0. The minimum atomic E-state index is -3.37. The van der Waals surface area contributed by atoms with Crippen LogP contribution in [0.4, 0.5) is 0 Å². The Morgan fingerprint density at radius 1 is 1.22 bits per heavy atom. The lowest BCUT2D eigenvalue weighted by atomic mass is 10.0. The van der Waals surface area contributed by atoms with Crippen LogP contribution in [0.3, 0.4) is 0 Å². The molecule has 23 heavy (non-hydrogen) atoms. The molecule has 2 heterocycles. The minimum Gasteiger partial charge on any atom is -0.374 e. The van der Waals surface area contributed by atoms with E-state index in [0.717, 1.165) is 38.8 Å². The molecule has 2 saturated heterocycles. The van der Waals surface area contributed by atoms with Gasteiger partial charge in [0, 0.05) is 38.6 Å². The number of morpholine rings is 1. The largest absolute Gasteiger partial charge is 0.374 e. The van der Waals surface area contributed by atoms with Gasteiger partial charge < -0.3 is 14.5 Å². The van der Waals surface area contributed by atoms with Crippen LogP contribution >= 0.6 is 0 Å². The monoisotopic (exact) mass is 345 g/mol. The van der Waals surface area contributed by atoms with Crippen LogP contribution in [0.25, 0.3) is 0 Å². The van der Waals surface area contributed by atoms with Crippen LogP contribution in [0, 0.1) is 5.92 Å². The fourth-order valence-corrected chi connectivity index (χ4v) is 4.97. The van der Waals surface area contributed by atoms with E-state index in [-0.39, 0.29) is 17.9 Å². The molecule has 0 bridgehead atoms. The Hall–Kier alpha value is -0.700. The maximum Gasteiger partial charge on any atom is 0.225 e. The zero-order chi connectivity index (χ0) is 16.4. The van der Waals surface area contributed by atoms with E-state index in [0.29, 0.717) is 26.2 Å². The van der Waals surface area contributed by atoms with Crippen LogP contribution in [0.15, 0.2) is 0 Å². The number of rotatable bonds is 5. The Bertz CT molecular complexity index is 527. The number of carbonyl (C=O) groups excluding carboxylic acids is 1. The number of nitrogens with one attached hydrogen (secondary N) is 1. The van der Waals surface area contributed by atoms with Gasteiger partial charge in [-0.15, -0.1) is 0 Å². The van der Waals surface area contributed by atoms with Crippen LogP contribution < -0.4 is 4.72 Å². The van der Waals surface area contributed by atoms with Crippen LogP contribution in [-0.4, -0.2) is 81.9 Å². The van der Waals surface area contributed by atoms with Crippen molar-refractivity contribution < 1.29 is 17.9 Å². The van der Waals surface area contributed by atoms with E-state index in [1.54, 1.807) is 4.90 Å². The van der Waals surface area contributed by atoms with Gasteiger partial charge in [-0.05, 0) is 19.9 Å². The van der Waals surface area contributed by atoms with Crippen molar-refractivity contribution >= 4 is 15.9 Å². The lowest BCUT2D eigenvalue weighted by molar-refractivity contribution is -0.138. The second-order valence-corrected chi connectivity index (χ2v) is 9.04. The van der Waals surface area contributed by atoms with E-state index in [1.165, 1.54) is 0 Å². The molecule has 7 nitrogen and oxygen atoms in total. The maximum absolute atomic E-state index is 12.3. The molecule has 0 spiro atoms. The van der Waals surface area contributed by atoms with Crippen molar-refractivity contribution in [2.45, 2.75) is 37.0 Å². The summed E-state index contributed by atoms with van der Waals surface area (Å²) in [5, 5.41) is -0.478. The Balaban J connectivity index is 1.43. The van der Waals surface area contributed by atoms with Gasteiger partial charge in [0.2, 0.25) is 15.9 Å². The first kappa shape index (κ1) is 17.1. The third kappa shape index (κ3) is 4.04. The van der Waals surface area contributed by atoms with Gasteiger partial charge in [-0.3, -0.25) is 4.79 Å². The fraction of sp³-hybridized carbons (Fsp3) is 0.933. The molecule has 1 aliphatic carbocycles. The molecule has 0 unspecified atom stereocenters. The number of hydrogen-bond acceptors (Lipinski definition) is 5. The summed E-state index contributed by atoms with van der Waals surface area (Å²) in [5.74, 6) is 0.268. The molecule has 0 radical (unpaired) electrons. The molecule has 3 aliphatic rings. The van der Waals surface area contributed by atoms with Crippen molar-refractivity contribution in [3.05, 3.63) is 0 Å². The molecule has 132 valence electrons. The first-order valence-corrected chi connectivity index (χ1v) is 10.1. The highest BCUT2D eigenvalue weighted by Gasteiger charge is 2.42. The quantitative estimate of drug-likeness (QED) is 0.736. The van der Waals surface area contributed by atoms with E-state index in [1.807, 2.05) is 7.05 Å². The molecule has 3 rings (SSSR count). The van der Waals surface area contributed by atoms with Gasteiger partial charge in [0.15, 0.2) is 0 Å². The molecule has 1 saturated carbocycles. The Morgan fingerprint density at radius 2 is 1.91 bits per heavy atom. The number of ether oxygens (including phenoxy) is 1. The van der Waals surface area contributed by atoms with E-state index in [2.05, 4.69) is 9.62 Å². The average Bonchev–Trinajstić information content (AvgIpc) is 2.97. The standard InChI is InChI=1S/C15H27N3O4S/c1-17-6-7-22-13(9-17)8-16-23(20,21)14-10-18(11-14)15(19)12-4-2-3-5-12/h12-14,16H,2-11H2,1H3/t13-/m1/s1. The summed E-state index contributed by atoms with van der Waals surface area (Å²) in [7, 11) is -1.37. The molecule has 1 atom stereocenters. The van der Waals surface area contributed by atoms with Gasteiger partial charge in [0.05, 0.1) is 12.7 Å².